The first-order chi connectivity index (χ1) is 11.8. The molecule has 24 heavy (non-hydrogen) atoms. The predicted octanol–water partition coefficient (Wildman–Crippen LogP) is 3.34. The van der Waals surface area contributed by atoms with Gasteiger partial charge in [0.15, 0.2) is 5.96 Å². The van der Waals surface area contributed by atoms with E-state index in [1.165, 1.54) is 84.0 Å². The minimum Gasteiger partial charge on any atom is -0.356 e. The van der Waals surface area contributed by atoms with Crippen LogP contribution < -0.4 is 5.32 Å². The van der Waals surface area contributed by atoms with Crippen molar-refractivity contribution in [1.82, 2.24) is 15.1 Å². The number of fused-ring (bicyclic) bond motifs is 1. The summed E-state index contributed by atoms with van der Waals surface area (Å²) >= 11 is 0. The van der Waals surface area contributed by atoms with Gasteiger partial charge in [-0.3, -0.25) is 4.99 Å². The Hall–Kier alpha value is -0.770. The fourth-order valence-electron chi connectivity index (χ4n) is 5.04. The number of piperidine rings is 1. The predicted molar refractivity (Wildman–Crippen MR) is 103 cm³/mol. The zero-order chi connectivity index (χ0) is 16.8. The monoisotopic (exact) mass is 334 g/mol. The quantitative estimate of drug-likeness (QED) is 0.475. The van der Waals surface area contributed by atoms with E-state index in [1.54, 1.807) is 0 Å². The molecule has 4 nitrogen and oxygen atoms in total. The van der Waals surface area contributed by atoms with E-state index < -0.39 is 0 Å². The van der Waals surface area contributed by atoms with E-state index in [0.717, 1.165) is 30.4 Å². The smallest absolute Gasteiger partial charge is 0.193 e. The maximum atomic E-state index is 4.55. The zero-order valence-electron chi connectivity index (χ0n) is 16.0. The second-order valence-corrected chi connectivity index (χ2v) is 8.27. The highest BCUT2D eigenvalue weighted by Crippen LogP contribution is 2.35. The van der Waals surface area contributed by atoms with Crippen LogP contribution in [0.15, 0.2) is 4.99 Å². The third-order valence-electron chi connectivity index (χ3n) is 6.58. The van der Waals surface area contributed by atoms with Gasteiger partial charge in [0.25, 0.3) is 0 Å². The molecule has 138 valence electrons. The number of likely N-dealkylation sites (tertiary alicyclic amines) is 2. The van der Waals surface area contributed by atoms with Crippen LogP contribution in [0.1, 0.15) is 64.7 Å². The standard InChI is InChI=1S/C20H38N4/c1-17-9-5-7-13-23(17)14-8-6-12-22-20(21-2)24-15-18-10-3-4-11-19(18)16-24/h17-19H,3-16H2,1-2H3,(H,21,22). The molecule has 1 saturated carbocycles. The molecular weight excluding hydrogens is 296 g/mol. The Morgan fingerprint density at radius 2 is 1.71 bits per heavy atom. The van der Waals surface area contributed by atoms with E-state index in [2.05, 4.69) is 27.0 Å². The fourth-order valence-corrected chi connectivity index (χ4v) is 5.04. The number of nitrogens with zero attached hydrogens (tertiary/aromatic N) is 3. The molecule has 0 aromatic rings. The molecule has 0 radical (unpaired) electrons. The molecule has 1 aliphatic carbocycles. The highest BCUT2D eigenvalue weighted by atomic mass is 15.3. The normalized spacial score (nSPS) is 32.0. The van der Waals surface area contributed by atoms with E-state index in [0.29, 0.717) is 0 Å². The van der Waals surface area contributed by atoms with Gasteiger partial charge in [-0.15, -0.1) is 0 Å². The van der Waals surface area contributed by atoms with Crippen molar-refractivity contribution in [2.75, 3.05) is 39.8 Å². The van der Waals surface area contributed by atoms with Crippen molar-refractivity contribution < 1.29 is 0 Å². The summed E-state index contributed by atoms with van der Waals surface area (Å²) in [5.41, 5.74) is 0. The van der Waals surface area contributed by atoms with Crippen molar-refractivity contribution in [1.29, 1.82) is 0 Å². The molecule has 3 unspecified atom stereocenters. The SMILES string of the molecule is CN=C(NCCCCN1CCCCC1C)N1CC2CCCCC2C1. The summed E-state index contributed by atoms with van der Waals surface area (Å²) in [6.07, 6.45) is 12.5. The van der Waals surface area contributed by atoms with Crippen LogP contribution in [0.3, 0.4) is 0 Å². The minimum atomic E-state index is 0.799. The van der Waals surface area contributed by atoms with Crippen molar-refractivity contribution in [2.45, 2.75) is 70.8 Å². The van der Waals surface area contributed by atoms with Crippen LogP contribution in [0.5, 0.6) is 0 Å². The van der Waals surface area contributed by atoms with Gasteiger partial charge in [-0.2, -0.15) is 0 Å². The number of hydrogen-bond donors (Lipinski definition) is 1. The number of rotatable bonds is 5. The van der Waals surface area contributed by atoms with E-state index in [1.807, 2.05) is 7.05 Å². The highest BCUT2D eigenvalue weighted by molar-refractivity contribution is 5.80. The molecule has 0 aromatic carbocycles. The van der Waals surface area contributed by atoms with Crippen LogP contribution in [-0.2, 0) is 0 Å². The molecular formula is C20H38N4. The molecule has 0 amide bonds. The van der Waals surface area contributed by atoms with Crippen LogP contribution in [-0.4, -0.2) is 61.6 Å². The van der Waals surface area contributed by atoms with Crippen LogP contribution in [0, 0.1) is 11.8 Å². The van der Waals surface area contributed by atoms with Crippen LogP contribution in [0.4, 0.5) is 0 Å². The molecule has 2 heterocycles. The molecule has 3 fully saturated rings. The van der Waals surface area contributed by atoms with E-state index in [4.69, 9.17) is 0 Å². The molecule has 0 bridgehead atoms. The van der Waals surface area contributed by atoms with Crippen molar-refractivity contribution in [3.63, 3.8) is 0 Å². The topological polar surface area (TPSA) is 30.9 Å². The first-order valence-corrected chi connectivity index (χ1v) is 10.5. The molecule has 0 aromatic heterocycles. The fraction of sp³-hybridized carbons (Fsp3) is 0.950. The van der Waals surface area contributed by atoms with Gasteiger partial charge in [-0.1, -0.05) is 19.3 Å². The molecule has 3 rings (SSSR count). The summed E-state index contributed by atoms with van der Waals surface area (Å²) in [5.74, 6) is 3.01. The second-order valence-electron chi connectivity index (χ2n) is 8.27. The third-order valence-corrected chi connectivity index (χ3v) is 6.58. The van der Waals surface area contributed by atoms with E-state index in [-0.39, 0.29) is 0 Å². The summed E-state index contributed by atoms with van der Waals surface area (Å²) in [7, 11) is 1.94. The van der Waals surface area contributed by atoms with Gasteiger partial charge in [0.2, 0.25) is 0 Å². The summed E-state index contributed by atoms with van der Waals surface area (Å²) < 4.78 is 0. The Bertz CT molecular complexity index is 394. The van der Waals surface area contributed by atoms with Gasteiger partial charge < -0.3 is 15.1 Å². The van der Waals surface area contributed by atoms with Gasteiger partial charge in [-0.25, -0.2) is 0 Å². The molecule has 2 saturated heterocycles. The Kier molecular flexibility index (Phi) is 6.82. The van der Waals surface area contributed by atoms with Crippen LogP contribution >= 0.6 is 0 Å². The average molecular weight is 335 g/mol. The largest absolute Gasteiger partial charge is 0.356 e. The summed E-state index contributed by atoms with van der Waals surface area (Å²) in [6, 6.07) is 0.799. The number of aliphatic imine (C=N–C) groups is 1. The van der Waals surface area contributed by atoms with Crippen molar-refractivity contribution >= 4 is 5.96 Å². The second kappa shape index (κ2) is 9.07. The molecule has 4 heteroatoms. The minimum absolute atomic E-state index is 0.799. The van der Waals surface area contributed by atoms with Crippen molar-refractivity contribution in [3.8, 4) is 0 Å². The first-order valence-electron chi connectivity index (χ1n) is 10.5. The molecule has 1 N–H and O–H groups in total. The Morgan fingerprint density at radius 3 is 2.38 bits per heavy atom. The lowest BCUT2D eigenvalue weighted by molar-refractivity contribution is 0.158. The number of guanidine groups is 1. The Balaban J connectivity index is 1.33. The summed E-state index contributed by atoms with van der Waals surface area (Å²) in [4.78, 5) is 9.75. The zero-order valence-corrected chi connectivity index (χ0v) is 16.0. The first kappa shape index (κ1) is 18.0. The summed E-state index contributed by atoms with van der Waals surface area (Å²) in [6.45, 7) is 8.51. The number of unbranched alkanes of at least 4 members (excludes halogenated alkanes) is 1. The Labute approximate surface area is 149 Å². The third kappa shape index (κ3) is 4.65. The van der Waals surface area contributed by atoms with Gasteiger partial charge in [-0.05, 0) is 70.4 Å². The van der Waals surface area contributed by atoms with E-state index in [9.17, 15) is 0 Å². The van der Waals surface area contributed by atoms with Crippen molar-refractivity contribution in [3.05, 3.63) is 0 Å². The lowest BCUT2D eigenvalue weighted by Gasteiger charge is -2.33. The Morgan fingerprint density at radius 1 is 1.00 bits per heavy atom. The van der Waals surface area contributed by atoms with Crippen LogP contribution in [0.2, 0.25) is 0 Å². The van der Waals surface area contributed by atoms with Gasteiger partial charge in [0.05, 0.1) is 0 Å². The number of nitrogens with one attached hydrogen (secondary N) is 1. The maximum Gasteiger partial charge on any atom is 0.193 e. The van der Waals surface area contributed by atoms with Gasteiger partial charge in [0.1, 0.15) is 0 Å². The highest BCUT2D eigenvalue weighted by Gasteiger charge is 2.35. The lowest BCUT2D eigenvalue weighted by atomic mass is 9.82. The lowest BCUT2D eigenvalue weighted by Crippen LogP contribution is -2.41. The average Bonchev–Trinajstić information content (AvgIpc) is 3.03. The maximum absolute atomic E-state index is 4.55. The molecule has 3 aliphatic rings. The van der Waals surface area contributed by atoms with Crippen molar-refractivity contribution in [2.24, 2.45) is 16.8 Å². The molecule has 3 atom stereocenters. The molecule has 2 aliphatic heterocycles. The molecule has 0 spiro atoms. The van der Waals surface area contributed by atoms with Gasteiger partial charge >= 0.3 is 0 Å². The van der Waals surface area contributed by atoms with Crippen LogP contribution in [0.25, 0.3) is 0 Å². The summed E-state index contributed by atoms with van der Waals surface area (Å²) in [5, 5.41) is 3.63. The van der Waals surface area contributed by atoms with E-state index >= 15 is 0 Å². The van der Waals surface area contributed by atoms with Gasteiger partial charge in [0, 0.05) is 32.7 Å². The number of hydrogen-bond acceptors (Lipinski definition) is 2.